The number of benzene rings is 1. The van der Waals surface area contributed by atoms with Crippen LogP contribution < -0.4 is 9.47 Å². The van der Waals surface area contributed by atoms with E-state index in [9.17, 15) is 0 Å². The van der Waals surface area contributed by atoms with Crippen molar-refractivity contribution in [2.75, 3.05) is 13.2 Å². The van der Waals surface area contributed by atoms with Crippen molar-refractivity contribution in [3.63, 3.8) is 0 Å². The second-order valence-corrected chi connectivity index (χ2v) is 11.1. The Hall–Kier alpha value is -1.26. The van der Waals surface area contributed by atoms with Crippen LogP contribution in [0, 0.1) is 11.8 Å². The fraction of sp³-hybridized carbons (Fsp3) is 0.643. The van der Waals surface area contributed by atoms with Crippen LogP contribution in [0.25, 0.3) is 20.2 Å². The minimum Gasteiger partial charge on any atom is -0.491 e. The van der Waals surface area contributed by atoms with E-state index in [1.54, 1.807) is 11.3 Å². The topological polar surface area (TPSA) is 18.5 Å². The lowest BCUT2D eigenvalue weighted by molar-refractivity contribution is 0.235. The third kappa shape index (κ3) is 5.99. The lowest BCUT2D eigenvalue weighted by atomic mass is 10.0. The van der Waals surface area contributed by atoms with E-state index in [4.69, 9.17) is 9.47 Å². The Labute approximate surface area is 203 Å². The van der Waals surface area contributed by atoms with Crippen molar-refractivity contribution in [1.29, 1.82) is 0 Å². The third-order valence-corrected chi connectivity index (χ3v) is 8.90. The van der Waals surface area contributed by atoms with Crippen molar-refractivity contribution < 1.29 is 9.47 Å². The summed E-state index contributed by atoms with van der Waals surface area (Å²) in [6.07, 6.45) is 11.0. The highest BCUT2D eigenvalue weighted by atomic mass is 32.1. The number of hydrogen-bond acceptors (Lipinski definition) is 4. The first kappa shape index (κ1) is 25.4. The van der Waals surface area contributed by atoms with Gasteiger partial charge in [0.15, 0.2) is 0 Å². The minimum atomic E-state index is 0.629. The van der Waals surface area contributed by atoms with E-state index >= 15 is 0 Å². The smallest absolute Gasteiger partial charge is 0.146 e. The Kier molecular flexibility index (Phi) is 10.2. The molecule has 1 aromatic carbocycles. The summed E-state index contributed by atoms with van der Waals surface area (Å²) in [6.45, 7) is 13.0. The summed E-state index contributed by atoms with van der Waals surface area (Å²) in [5, 5.41) is 4.68. The number of aryl methyl sites for hydroxylation is 1. The SMILES string of the molecule is CCCCC(CC)COc1c2cc(CC)sc2c(OCC(CC)CCCC)c2ccsc12. The predicted molar refractivity (Wildman–Crippen MR) is 144 cm³/mol. The molecule has 3 rings (SSSR count). The highest BCUT2D eigenvalue weighted by molar-refractivity contribution is 7.20. The average molecular weight is 475 g/mol. The van der Waals surface area contributed by atoms with Crippen molar-refractivity contribution in [2.45, 2.75) is 92.4 Å². The maximum absolute atomic E-state index is 6.62. The van der Waals surface area contributed by atoms with Gasteiger partial charge in [0.05, 0.1) is 22.6 Å². The molecule has 0 spiro atoms. The molecular weight excluding hydrogens is 432 g/mol. The monoisotopic (exact) mass is 474 g/mol. The second-order valence-electron chi connectivity index (χ2n) is 9.09. The summed E-state index contributed by atoms with van der Waals surface area (Å²) in [6, 6.07) is 4.58. The van der Waals surface area contributed by atoms with Crippen molar-refractivity contribution in [3.8, 4) is 11.5 Å². The van der Waals surface area contributed by atoms with E-state index in [1.165, 1.54) is 76.4 Å². The predicted octanol–water partition coefficient (Wildman–Crippen LogP) is 9.87. The minimum absolute atomic E-state index is 0.629. The van der Waals surface area contributed by atoms with E-state index in [1.807, 2.05) is 11.3 Å². The summed E-state index contributed by atoms with van der Waals surface area (Å²) in [5.74, 6) is 3.43. The highest BCUT2D eigenvalue weighted by Crippen LogP contribution is 2.49. The first-order chi connectivity index (χ1) is 15.7. The molecule has 0 aliphatic carbocycles. The third-order valence-electron chi connectivity index (χ3n) is 6.71. The molecule has 2 heterocycles. The zero-order chi connectivity index (χ0) is 22.9. The van der Waals surface area contributed by atoms with Gasteiger partial charge in [-0.1, -0.05) is 73.1 Å². The van der Waals surface area contributed by atoms with E-state index < -0.39 is 0 Å². The Balaban J connectivity index is 1.94. The summed E-state index contributed by atoms with van der Waals surface area (Å²) < 4.78 is 15.8. The number of unbranched alkanes of at least 4 members (excludes halogenated alkanes) is 2. The number of rotatable bonds is 15. The van der Waals surface area contributed by atoms with Gasteiger partial charge in [-0.25, -0.2) is 0 Å². The normalized spacial score (nSPS) is 13.7. The Bertz CT molecular complexity index is 883. The molecule has 0 bridgehead atoms. The molecule has 0 saturated heterocycles. The van der Waals surface area contributed by atoms with Crippen LogP contribution in [0.1, 0.15) is 90.9 Å². The van der Waals surface area contributed by atoms with Crippen molar-refractivity contribution in [3.05, 3.63) is 22.4 Å². The molecule has 4 heteroatoms. The molecule has 2 atom stereocenters. The average Bonchev–Trinajstić information content (AvgIpc) is 3.47. The molecule has 32 heavy (non-hydrogen) atoms. The van der Waals surface area contributed by atoms with Crippen molar-refractivity contribution >= 4 is 42.8 Å². The Morgan fingerprint density at radius 2 is 1.38 bits per heavy atom. The summed E-state index contributed by atoms with van der Waals surface area (Å²) in [4.78, 5) is 1.41. The van der Waals surface area contributed by atoms with Crippen LogP contribution in [0.15, 0.2) is 17.5 Å². The van der Waals surface area contributed by atoms with Gasteiger partial charge in [0, 0.05) is 15.6 Å². The largest absolute Gasteiger partial charge is 0.491 e. The van der Waals surface area contributed by atoms with Crippen LogP contribution in [0.4, 0.5) is 0 Å². The van der Waals surface area contributed by atoms with Gasteiger partial charge in [0.2, 0.25) is 0 Å². The van der Waals surface area contributed by atoms with Gasteiger partial charge in [0.25, 0.3) is 0 Å². The molecule has 0 aliphatic heterocycles. The van der Waals surface area contributed by atoms with E-state index in [0.29, 0.717) is 11.8 Å². The molecule has 2 aromatic heterocycles. The molecular formula is C28H42O2S2. The molecule has 0 fully saturated rings. The lowest BCUT2D eigenvalue weighted by Crippen LogP contribution is -2.12. The van der Waals surface area contributed by atoms with Crippen LogP contribution in [0.5, 0.6) is 11.5 Å². The number of fused-ring (bicyclic) bond motifs is 2. The fourth-order valence-electron chi connectivity index (χ4n) is 4.35. The zero-order valence-electron chi connectivity index (χ0n) is 20.8. The van der Waals surface area contributed by atoms with Gasteiger partial charge in [-0.05, 0) is 48.6 Å². The van der Waals surface area contributed by atoms with Gasteiger partial charge in [-0.15, -0.1) is 22.7 Å². The van der Waals surface area contributed by atoms with Gasteiger partial charge >= 0.3 is 0 Å². The first-order valence-corrected chi connectivity index (χ1v) is 14.6. The molecule has 2 nitrogen and oxygen atoms in total. The van der Waals surface area contributed by atoms with E-state index in [-0.39, 0.29) is 0 Å². The summed E-state index contributed by atoms with van der Waals surface area (Å²) in [5.41, 5.74) is 0. The van der Waals surface area contributed by atoms with E-state index in [2.05, 4.69) is 52.1 Å². The van der Waals surface area contributed by atoms with Crippen molar-refractivity contribution in [2.24, 2.45) is 11.8 Å². The summed E-state index contributed by atoms with van der Waals surface area (Å²) >= 11 is 3.68. The van der Waals surface area contributed by atoms with Gasteiger partial charge in [0.1, 0.15) is 11.5 Å². The Morgan fingerprint density at radius 1 is 0.781 bits per heavy atom. The maximum atomic E-state index is 6.62. The molecule has 0 saturated carbocycles. The van der Waals surface area contributed by atoms with Crippen LogP contribution >= 0.6 is 22.7 Å². The van der Waals surface area contributed by atoms with E-state index in [0.717, 1.165) is 31.1 Å². The molecule has 2 unspecified atom stereocenters. The molecule has 178 valence electrons. The molecule has 0 N–H and O–H groups in total. The second kappa shape index (κ2) is 12.8. The molecule has 0 aliphatic rings. The van der Waals surface area contributed by atoms with Crippen LogP contribution in [-0.4, -0.2) is 13.2 Å². The standard InChI is InChI=1S/C28H42O2S2/c1-6-11-13-20(8-3)18-29-25-23-15-16-31-27(23)26(24-17-22(10-5)32-28(24)25)30-19-21(9-4)14-12-7-2/h15-17,20-21H,6-14,18-19H2,1-5H3. The summed E-state index contributed by atoms with van der Waals surface area (Å²) in [7, 11) is 0. The first-order valence-electron chi connectivity index (χ1n) is 12.9. The molecule has 3 aromatic rings. The Morgan fingerprint density at radius 3 is 1.91 bits per heavy atom. The maximum Gasteiger partial charge on any atom is 0.146 e. The number of hydrogen-bond donors (Lipinski definition) is 0. The number of ether oxygens (including phenoxy) is 2. The molecule has 0 amide bonds. The quantitative estimate of drug-likeness (QED) is 0.218. The fourth-order valence-corrected chi connectivity index (χ4v) is 6.36. The number of thiophene rings is 2. The zero-order valence-corrected chi connectivity index (χ0v) is 22.4. The van der Waals surface area contributed by atoms with Gasteiger partial charge in [-0.3, -0.25) is 0 Å². The van der Waals surface area contributed by atoms with Gasteiger partial charge < -0.3 is 9.47 Å². The van der Waals surface area contributed by atoms with Crippen LogP contribution in [0.3, 0.4) is 0 Å². The molecule has 0 radical (unpaired) electrons. The van der Waals surface area contributed by atoms with Gasteiger partial charge in [-0.2, -0.15) is 0 Å². The highest BCUT2D eigenvalue weighted by Gasteiger charge is 2.21. The van der Waals surface area contributed by atoms with Crippen molar-refractivity contribution in [1.82, 2.24) is 0 Å². The van der Waals surface area contributed by atoms with Crippen LogP contribution in [-0.2, 0) is 6.42 Å². The van der Waals surface area contributed by atoms with Crippen LogP contribution in [0.2, 0.25) is 0 Å². The lowest BCUT2D eigenvalue weighted by Gasteiger charge is -2.19.